The highest BCUT2D eigenvalue weighted by atomic mass is 16.6. The van der Waals surface area contributed by atoms with Crippen LogP contribution >= 0.6 is 0 Å². The summed E-state index contributed by atoms with van der Waals surface area (Å²) in [5.74, 6) is 2.90. The van der Waals surface area contributed by atoms with Gasteiger partial charge < -0.3 is 4.74 Å². The molecule has 0 aromatic carbocycles. The molecule has 0 bridgehead atoms. The molecule has 3 nitrogen and oxygen atoms in total. The summed E-state index contributed by atoms with van der Waals surface area (Å²) < 4.78 is 5.96. The van der Waals surface area contributed by atoms with E-state index in [0.29, 0.717) is 46.7 Å². The fraction of sp³-hybridized carbons (Fsp3) is 0.926. The van der Waals surface area contributed by atoms with Crippen molar-refractivity contribution in [2.75, 3.05) is 0 Å². The molecule has 5 fully saturated rings. The summed E-state index contributed by atoms with van der Waals surface area (Å²) in [6.07, 6.45) is 10.8. The molecule has 4 aliphatic carbocycles. The zero-order valence-corrected chi connectivity index (χ0v) is 20.1. The van der Waals surface area contributed by atoms with E-state index >= 15 is 0 Å². The Kier molecular flexibility index (Phi) is 4.29. The quantitative estimate of drug-likeness (QED) is 0.470. The Morgan fingerprint density at radius 3 is 2.07 bits per heavy atom. The van der Waals surface area contributed by atoms with Gasteiger partial charge in [-0.15, -0.1) is 0 Å². The summed E-state index contributed by atoms with van der Waals surface area (Å²) in [7, 11) is 0. The summed E-state index contributed by atoms with van der Waals surface area (Å²) in [6, 6.07) is 0. The normalized spacial score (nSPS) is 54.9. The zero-order valence-electron chi connectivity index (χ0n) is 20.1. The van der Waals surface area contributed by atoms with E-state index in [2.05, 4.69) is 41.5 Å². The Hall–Kier alpha value is -0.860. The van der Waals surface area contributed by atoms with Crippen molar-refractivity contribution >= 4 is 11.8 Å². The molecular formula is C27H42O3. The van der Waals surface area contributed by atoms with Crippen LogP contribution in [0.15, 0.2) is 0 Å². The van der Waals surface area contributed by atoms with Crippen LogP contribution in [-0.4, -0.2) is 17.4 Å². The topological polar surface area (TPSA) is 43.4 Å². The molecule has 3 heteroatoms. The Balaban J connectivity index is 1.50. The number of ketones is 1. The first kappa shape index (κ1) is 21.0. The Bertz CT molecular complexity index is 785. The molecule has 1 aliphatic heterocycles. The van der Waals surface area contributed by atoms with Crippen molar-refractivity contribution in [1.82, 2.24) is 0 Å². The van der Waals surface area contributed by atoms with Crippen LogP contribution in [0.2, 0.25) is 0 Å². The minimum absolute atomic E-state index is 0.00752. The van der Waals surface area contributed by atoms with Gasteiger partial charge in [-0.2, -0.15) is 0 Å². The van der Waals surface area contributed by atoms with E-state index in [0.717, 1.165) is 19.3 Å². The van der Waals surface area contributed by atoms with E-state index in [4.69, 9.17) is 4.74 Å². The molecular weight excluding hydrogens is 372 g/mol. The van der Waals surface area contributed by atoms with E-state index < -0.39 is 0 Å². The fourth-order valence-electron chi connectivity index (χ4n) is 10.2. The Morgan fingerprint density at radius 2 is 1.40 bits per heavy atom. The van der Waals surface area contributed by atoms with Crippen LogP contribution in [0.3, 0.4) is 0 Å². The molecule has 0 amide bonds. The first-order valence-electron chi connectivity index (χ1n) is 12.6. The van der Waals surface area contributed by atoms with Gasteiger partial charge in [-0.25, -0.2) is 0 Å². The number of esters is 1. The van der Waals surface area contributed by atoms with Crippen molar-refractivity contribution in [3.63, 3.8) is 0 Å². The average molecular weight is 415 g/mol. The maximum Gasteiger partial charge on any atom is 0.306 e. The van der Waals surface area contributed by atoms with Gasteiger partial charge in [0, 0.05) is 24.2 Å². The van der Waals surface area contributed by atoms with Gasteiger partial charge >= 0.3 is 5.97 Å². The van der Waals surface area contributed by atoms with E-state index in [-0.39, 0.29) is 22.4 Å². The molecule has 8 atom stereocenters. The van der Waals surface area contributed by atoms with Crippen LogP contribution in [0.1, 0.15) is 106 Å². The molecule has 0 aromatic rings. The van der Waals surface area contributed by atoms with Crippen molar-refractivity contribution in [1.29, 1.82) is 0 Å². The number of hydrogen-bond donors (Lipinski definition) is 0. The van der Waals surface area contributed by atoms with E-state index in [1.807, 2.05) is 0 Å². The number of Topliss-reactive ketones (excluding diaryl/α,β-unsaturated/α-hetero) is 1. The van der Waals surface area contributed by atoms with E-state index in [1.165, 1.54) is 38.5 Å². The van der Waals surface area contributed by atoms with Gasteiger partial charge in [0.2, 0.25) is 0 Å². The third kappa shape index (κ3) is 2.39. The van der Waals surface area contributed by atoms with Crippen LogP contribution in [0.4, 0.5) is 0 Å². The Labute approximate surface area is 183 Å². The highest BCUT2D eigenvalue weighted by Crippen LogP contribution is 2.75. The highest BCUT2D eigenvalue weighted by molar-refractivity contribution is 5.85. The molecule has 0 unspecified atom stereocenters. The number of fused-ring (bicyclic) bond motifs is 5. The van der Waals surface area contributed by atoms with Crippen LogP contribution in [-0.2, 0) is 14.3 Å². The van der Waals surface area contributed by atoms with Crippen molar-refractivity contribution in [2.24, 2.45) is 45.3 Å². The average Bonchev–Trinajstić information content (AvgIpc) is 3.20. The van der Waals surface area contributed by atoms with Gasteiger partial charge in [-0.05, 0) is 92.3 Å². The third-order valence-corrected chi connectivity index (χ3v) is 12.1. The molecule has 0 aromatic heterocycles. The van der Waals surface area contributed by atoms with Gasteiger partial charge in [0.15, 0.2) is 0 Å². The van der Waals surface area contributed by atoms with Gasteiger partial charge in [-0.3, -0.25) is 9.59 Å². The van der Waals surface area contributed by atoms with Crippen molar-refractivity contribution in [3.05, 3.63) is 0 Å². The molecule has 1 saturated heterocycles. The number of cyclic esters (lactones) is 1. The van der Waals surface area contributed by atoms with Crippen LogP contribution in [0.25, 0.3) is 0 Å². The first-order valence-corrected chi connectivity index (χ1v) is 12.6. The fourth-order valence-corrected chi connectivity index (χ4v) is 10.2. The molecule has 5 aliphatic rings. The maximum atomic E-state index is 12.8. The molecule has 0 radical (unpaired) electrons. The molecule has 0 spiro atoms. The zero-order chi connectivity index (χ0) is 21.7. The number of carbonyl (C=O) groups excluding carboxylic acids is 2. The Morgan fingerprint density at radius 1 is 0.700 bits per heavy atom. The summed E-state index contributed by atoms with van der Waals surface area (Å²) >= 11 is 0. The summed E-state index contributed by atoms with van der Waals surface area (Å²) in [5, 5.41) is 0. The molecule has 1 heterocycles. The van der Waals surface area contributed by atoms with Gasteiger partial charge in [0.1, 0.15) is 11.4 Å². The van der Waals surface area contributed by atoms with E-state index in [1.54, 1.807) is 0 Å². The van der Waals surface area contributed by atoms with Crippen molar-refractivity contribution < 1.29 is 14.3 Å². The number of hydrogen-bond acceptors (Lipinski definition) is 3. The molecule has 4 saturated carbocycles. The summed E-state index contributed by atoms with van der Waals surface area (Å²) in [5.41, 5.74) is 0.503. The SMILES string of the molecule is CC1(C)C(=O)CC[C@@]2(C)[C@@H]1CC[C@]1(C)[C@H]2CC[C@@H]2[C@H]([C@]3(C)CCC(=O)O3)CC[C@]21C. The molecule has 168 valence electrons. The number of carbonyl (C=O) groups is 2. The van der Waals surface area contributed by atoms with Gasteiger partial charge in [-0.1, -0.05) is 34.6 Å². The van der Waals surface area contributed by atoms with Gasteiger partial charge in [0.05, 0.1) is 0 Å². The van der Waals surface area contributed by atoms with Gasteiger partial charge in [0.25, 0.3) is 0 Å². The summed E-state index contributed by atoms with van der Waals surface area (Å²) in [6.45, 7) is 14.4. The number of ether oxygens (including phenoxy) is 1. The van der Waals surface area contributed by atoms with Crippen molar-refractivity contribution in [2.45, 2.75) is 111 Å². The first-order chi connectivity index (χ1) is 13.9. The molecule has 5 rings (SSSR count). The second-order valence-corrected chi connectivity index (χ2v) is 13.2. The van der Waals surface area contributed by atoms with Crippen LogP contribution in [0, 0.1) is 45.3 Å². The van der Waals surface area contributed by atoms with E-state index in [9.17, 15) is 9.59 Å². The lowest BCUT2D eigenvalue weighted by atomic mass is 9.35. The lowest BCUT2D eigenvalue weighted by molar-refractivity contribution is -0.207. The standard InChI is InChI=1S/C27H42O3/c1-23(2)19-10-15-26(5)20(24(19,3)13-11-21(23)28)8-7-17-18(9-14-25(17,26)4)27(6)16-12-22(29)30-27/h17-20H,7-16H2,1-6H3/t17-,18-,19-,20+,24+,25-,26-,27+/m1/s1. The lowest BCUT2D eigenvalue weighted by Gasteiger charge is -2.69. The highest BCUT2D eigenvalue weighted by Gasteiger charge is 2.70. The molecule has 30 heavy (non-hydrogen) atoms. The second-order valence-electron chi connectivity index (χ2n) is 13.2. The minimum atomic E-state index is -0.247. The van der Waals surface area contributed by atoms with Crippen molar-refractivity contribution in [3.8, 4) is 0 Å². The van der Waals surface area contributed by atoms with Crippen LogP contribution < -0.4 is 0 Å². The lowest BCUT2D eigenvalue weighted by Crippen LogP contribution is -2.63. The largest absolute Gasteiger partial charge is 0.459 e. The smallest absolute Gasteiger partial charge is 0.306 e. The maximum absolute atomic E-state index is 12.8. The second kappa shape index (κ2) is 6.13. The summed E-state index contributed by atoms with van der Waals surface area (Å²) in [4.78, 5) is 24.8. The minimum Gasteiger partial charge on any atom is -0.459 e. The number of rotatable bonds is 1. The molecule has 0 N–H and O–H groups in total. The predicted molar refractivity (Wildman–Crippen MR) is 118 cm³/mol. The monoisotopic (exact) mass is 414 g/mol. The van der Waals surface area contributed by atoms with Crippen LogP contribution in [0.5, 0.6) is 0 Å². The third-order valence-electron chi connectivity index (χ3n) is 12.1. The predicted octanol–water partition coefficient (Wildman–Crippen LogP) is 6.34.